The van der Waals surface area contributed by atoms with Crippen LogP contribution >= 0.6 is 15.9 Å². The summed E-state index contributed by atoms with van der Waals surface area (Å²) in [6.45, 7) is 18.1. The van der Waals surface area contributed by atoms with Crippen LogP contribution in [0.3, 0.4) is 0 Å². The second kappa shape index (κ2) is 12.1. The molecule has 0 amide bonds. The number of nitrogens with one attached hydrogen (secondary N) is 2. The van der Waals surface area contributed by atoms with Crippen LogP contribution in [0.2, 0.25) is 0 Å². The van der Waals surface area contributed by atoms with E-state index in [2.05, 4.69) is 99.5 Å². The number of rotatable bonds is 8. The van der Waals surface area contributed by atoms with Gasteiger partial charge in [0.05, 0.1) is 32.8 Å². The molecule has 0 aromatic carbocycles. The molecule has 2 aliphatic rings. The number of aryl methyl sites for hydroxylation is 4. The van der Waals surface area contributed by atoms with Crippen LogP contribution < -0.4 is 0 Å². The lowest BCUT2D eigenvalue weighted by molar-refractivity contribution is 1.05. The standard InChI is InChI=1S/C36H45BrN4/c1-9-21-22(10-2)35-31(37)36-26(14-6)25(13-5)34(41-36)28(16-8)33-24(12-4)23(11-3)32(40-33)27(15-7)29-18-17-20(38-29)19-30(21)39-35/h17-19,38,41H,9-16H2,1-8H3. The van der Waals surface area contributed by atoms with Crippen molar-refractivity contribution in [2.45, 2.75) is 107 Å². The zero-order valence-corrected chi connectivity index (χ0v) is 27.7. The van der Waals surface area contributed by atoms with Gasteiger partial charge in [0.15, 0.2) is 0 Å². The average Bonchev–Trinajstić information content (AvgIpc) is 3.76. The molecule has 0 unspecified atom stereocenters. The molecule has 5 heterocycles. The number of aromatic amines is 2. The monoisotopic (exact) mass is 612 g/mol. The van der Waals surface area contributed by atoms with Crippen LogP contribution in [0.5, 0.6) is 0 Å². The van der Waals surface area contributed by atoms with Gasteiger partial charge in [0.1, 0.15) is 0 Å². The maximum atomic E-state index is 5.51. The number of hydrogen-bond acceptors (Lipinski definition) is 2. The van der Waals surface area contributed by atoms with Crippen molar-refractivity contribution in [3.63, 3.8) is 0 Å². The first-order valence-corrected chi connectivity index (χ1v) is 16.6. The number of hydrogen-bond donors (Lipinski definition) is 2. The molecule has 8 bridgehead atoms. The van der Waals surface area contributed by atoms with E-state index in [1.807, 2.05) is 0 Å². The molecule has 216 valence electrons. The van der Waals surface area contributed by atoms with Gasteiger partial charge in [-0.15, -0.1) is 0 Å². The summed E-state index contributed by atoms with van der Waals surface area (Å²) in [6.07, 6.45) is 7.61. The van der Waals surface area contributed by atoms with Gasteiger partial charge in [0.2, 0.25) is 0 Å². The van der Waals surface area contributed by atoms with Crippen LogP contribution in [-0.2, 0) is 25.7 Å². The summed E-state index contributed by atoms with van der Waals surface area (Å²) < 4.78 is 1.07. The Balaban J connectivity index is 2.11. The fourth-order valence-electron chi connectivity index (χ4n) is 7.11. The van der Waals surface area contributed by atoms with Crippen molar-refractivity contribution in [2.24, 2.45) is 0 Å². The van der Waals surface area contributed by atoms with Crippen molar-refractivity contribution in [2.75, 3.05) is 0 Å². The lowest BCUT2D eigenvalue weighted by Gasteiger charge is -2.09. The van der Waals surface area contributed by atoms with Crippen LogP contribution in [0.25, 0.3) is 44.4 Å². The fourth-order valence-corrected chi connectivity index (χ4v) is 7.78. The van der Waals surface area contributed by atoms with E-state index in [0.717, 1.165) is 84.0 Å². The summed E-state index contributed by atoms with van der Waals surface area (Å²) in [5.74, 6) is 0. The van der Waals surface area contributed by atoms with Gasteiger partial charge in [-0.3, -0.25) is 0 Å². The molecule has 0 saturated heterocycles. The first kappa shape index (κ1) is 29.6. The van der Waals surface area contributed by atoms with Gasteiger partial charge in [-0.25, -0.2) is 9.97 Å². The van der Waals surface area contributed by atoms with Gasteiger partial charge in [-0.1, -0.05) is 55.4 Å². The van der Waals surface area contributed by atoms with Crippen molar-refractivity contribution < 1.29 is 0 Å². The number of fused-ring (bicyclic) bond motifs is 8. The largest absolute Gasteiger partial charge is 0.355 e. The van der Waals surface area contributed by atoms with E-state index in [1.54, 1.807) is 0 Å². The van der Waals surface area contributed by atoms with E-state index in [4.69, 9.17) is 9.97 Å². The highest BCUT2D eigenvalue weighted by Crippen LogP contribution is 2.42. The van der Waals surface area contributed by atoms with E-state index in [9.17, 15) is 0 Å². The normalized spacial score (nSPS) is 13.6. The lowest BCUT2D eigenvalue weighted by Crippen LogP contribution is -1.95. The molecule has 0 aliphatic carbocycles. The third-order valence-electron chi connectivity index (χ3n) is 9.02. The predicted octanol–water partition coefficient (Wildman–Crippen LogP) is 10.8. The Morgan fingerprint density at radius 2 is 1.07 bits per heavy atom. The van der Waals surface area contributed by atoms with Crippen molar-refractivity contribution in [1.29, 1.82) is 0 Å². The third kappa shape index (κ3) is 4.74. The summed E-state index contributed by atoms with van der Waals surface area (Å²) in [5, 5.41) is 0. The zero-order chi connectivity index (χ0) is 29.4. The number of allylic oxidation sites excluding steroid dienone is 4. The van der Waals surface area contributed by atoms with E-state index >= 15 is 0 Å². The molecule has 0 radical (unpaired) electrons. The first-order chi connectivity index (χ1) is 19.9. The molecule has 0 fully saturated rings. The molecule has 4 nitrogen and oxygen atoms in total. The lowest BCUT2D eigenvalue weighted by atomic mass is 9.94. The van der Waals surface area contributed by atoms with Crippen LogP contribution in [0, 0.1) is 0 Å². The maximum Gasteiger partial charge on any atom is 0.0835 e. The Morgan fingerprint density at radius 1 is 0.537 bits per heavy atom. The summed E-state index contributed by atoms with van der Waals surface area (Å²) in [4.78, 5) is 18.5. The van der Waals surface area contributed by atoms with Gasteiger partial charge in [0.25, 0.3) is 0 Å². The number of nitrogens with zero attached hydrogens (tertiary/aromatic N) is 2. The quantitative estimate of drug-likeness (QED) is 0.266. The highest BCUT2D eigenvalue weighted by atomic mass is 79.9. The fraction of sp³-hybridized carbons (Fsp3) is 0.444. The van der Waals surface area contributed by atoms with E-state index in [1.165, 1.54) is 61.3 Å². The van der Waals surface area contributed by atoms with Gasteiger partial charge in [-0.05, 0) is 119 Å². The molecule has 0 spiro atoms. The molecule has 2 aliphatic heterocycles. The number of H-pyrrole nitrogens is 2. The summed E-state index contributed by atoms with van der Waals surface area (Å²) in [7, 11) is 0. The van der Waals surface area contributed by atoms with E-state index in [-0.39, 0.29) is 0 Å². The zero-order valence-electron chi connectivity index (χ0n) is 26.2. The summed E-state index contributed by atoms with van der Waals surface area (Å²) in [6, 6.07) is 6.65. The van der Waals surface area contributed by atoms with Crippen LogP contribution in [0.4, 0.5) is 0 Å². The van der Waals surface area contributed by atoms with Crippen LogP contribution in [0.15, 0.2) is 22.7 Å². The highest BCUT2D eigenvalue weighted by Gasteiger charge is 2.26. The molecule has 41 heavy (non-hydrogen) atoms. The topological polar surface area (TPSA) is 57.4 Å². The van der Waals surface area contributed by atoms with E-state index < -0.39 is 0 Å². The minimum atomic E-state index is 0.918. The van der Waals surface area contributed by atoms with Crippen molar-refractivity contribution >= 4 is 60.3 Å². The molecular weight excluding hydrogens is 568 g/mol. The van der Waals surface area contributed by atoms with Gasteiger partial charge in [-0.2, -0.15) is 0 Å². The van der Waals surface area contributed by atoms with Gasteiger partial charge < -0.3 is 9.97 Å². The molecule has 0 atom stereocenters. The van der Waals surface area contributed by atoms with Gasteiger partial charge in [0, 0.05) is 27.7 Å². The molecule has 5 heteroatoms. The van der Waals surface area contributed by atoms with Crippen molar-refractivity contribution in [1.82, 2.24) is 19.9 Å². The molecule has 3 aromatic rings. The average molecular weight is 614 g/mol. The number of aromatic nitrogens is 4. The van der Waals surface area contributed by atoms with Crippen molar-refractivity contribution in [3.05, 3.63) is 67.7 Å². The SMILES string of the molecule is CCC1=C(CC)c2nc1cc1ccc([nH]1)c(CC)c1nc(c(CC)c3[nH]c(c2Br)c(CC)c3CC)C(CC)=C1CC. The summed E-state index contributed by atoms with van der Waals surface area (Å²) in [5.41, 5.74) is 20.0. The Kier molecular flexibility index (Phi) is 8.75. The van der Waals surface area contributed by atoms with Crippen LogP contribution in [-0.4, -0.2) is 19.9 Å². The molecule has 3 aromatic heterocycles. The predicted molar refractivity (Wildman–Crippen MR) is 181 cm³/mol. The van der Waals surface area contributed by atoms with E-state index in [0.29, 0.717) is 0 Å². The van der Waals surface area contributed by atoms with Crippen LogP contribution in [0.1, 0.15) is 126 Å². The Labute approximate surface area is 254 Å². The molecule has 2 N–H and O–H groups in total. The Hall–Kier alpha value is -2.92. The maximum absolute atomic E-state index is 5.51. The second-order valence-corrected chi connectivity index (χ2v) is 11.8. The minimum absolute atomic E-state index is 0.918. The second-order valence-electron chi connectivity index (χ2n) is 11.0. The molecule has 5 rings (SSSR count). The van der Waals surface area contributed by atoms with Crippen molar-refractivity contribution in [3.8, 4) is 0 Å². The van der Waals surface area contributed by atoms with Gasteiger partial charge >= 0.3 is 0 Å². The summed E-state index contributed by atoms with van der Waals surface area (Å²) >= 11 is 4.09. The molecular formula is C36H45BrN4. The minimum Gasteiger partial charge on any atom is -0.355 e. The number of halogens is 1. The third-order valence-corrected chi connectivity index (χ3v) is 9.80. The highest BCUT2D eigenvalue weighted by molar-refractivity contribution is 9.10. The Morgan fingerprint density at radius 3 is 1.63 bits per heavy atom. The Bertz CT molecular complexity index is 1730. The first-order valence-electron chi connectivity index (χ1n) is 15.8. The smallest absolute Gasteiger partial charge is 0.0835 e. The molecule has 0 saturated carbocycles.